The Morgan fingerprint density at radius 1 is 1.47 bits per heavy atom. The van der Waals surface area contributed by atoms with Crippen LogP contribution in [0.2, 0.25) is 0 Å². The highest BCUT2D eigenvalue weighted by atomic mass is 16.4. The lowest BCUT2D eigenvalue weighted by Gasteiger charge is -2.31. The van der Waals surface area contributed by atoms with Gasteiger partial charge in [0, 0.05) is 19.0 Å². The molecular weight excluding hydrogens is 196 g/mol. The van der Waals surface area contributed by atoms with Gasteiger partial charge in [-0.1, -0.05) is 20.8 Å². The summed E-state index contributed by atoms with van der Waals surface area (Å²) in [6, 6.07) is -0.804. The summed E-state index contributed by atoms with van der Waals surface area (Å²) in [6.07, 6.45) is 0.327. The fourth-order valence-electron chi connectivity index (χ4n) is 1.55. The van der Waals surface area contributed by atoms with Crippen LogP contribution in [-0.4, -0.2) is 35.6 Å². The predicted molar refractivity (Wildman–Crippen MR) is 55.4 cm³/mol. The third-order valence-corrected chi connectivity index (χ3v) is 2.64. The predicted octanol–water partition coefficient (Wildman–Crippen LogP) is -0.0362. The minimum atomic E-state index is -0.925. The van der Waals surface area contributed by atoms with E-state index in [4.69, 9.17) is 5.11 Å². The third-order valence-electron chi connectivity index (χ3n) is 2.64. The van der Waals surface area contributed by atoms with E-state index < -0.39 is 12.0 Å². The number of rotatable bonds is 1. The van der Waals surface area contributed by atoms with Crippen LogP contribution in [0.4, 0.5) is 0 Å². The van der Waals surface area contributed by atoms with Crippen molar-refractivity contribution in [3.05, 3.63) is 0 Å². The Hall–Kier alpha value is -1.10. The Morgan fingerprint density at radius 3 is 2.53 bits per heavy atom. The topological polar surface area (TPSA) is 78.4 Å². The Kier molecular flexibility index (Phi) is 3.34. The summed E-state index contributed by atoms with van der Waals surface area (Å²) >= 11 is 0. The first-order valence-electron chi connectivity index (χ1n) is 5.06. The molecule has 0 aromatic rings. The molecular formula is C10H18N2O3. The van der Waals surface area contributed by atoms with E-state index in [2.05, 4.69) is 10.6 Å². The lowest BCUT2D eigenvalue weighted by atomic mass is 9.84. The summed E-state index contributed by atoms with van der Waals surface area (Å²) in [4.78, 5) is 22.2. The van der Waals surface area contributed by atoms with Crippen LogP contribution in [0, 0.1) is 5.41 Å². The summed E-state index contributed by atoms with van der Waals surface area (Å²) < 4.78 is 0. The minimum absolute atomic E-state index is 0.0915. The first-order chi connectivity index (χ1) is 6.80. The largest absolute Gasteiger partial charge is 0.480 e. The molecule has 1 fully saturated rings. The Labute approximate surface area is 89.2 Å². The van der Waals surface area contributed by atoms with Crippen molar-refractivity contribution >= 4 is 11.9 Å². The summed E-state index contributed by atoms with van der Waals surface area (Å²) in [5.74, 6) is -1.02. The van der Waals surface area contributed by atoms with Crippen molar-refractivity contribution in [3.8, 4) is 0 Å². The zero-order chi connectivity index (χ0) is 11.6. The number of carboxylic acids is 1. The smallest absolute Gasteiger partial charge is 0.322 e. The van der Waals surface area contributed by atoms with Crippen molar-refractivity contribution in [2.45, 2.75) is 39.3 Å². The molecule has 0 spiro atoms. The van der Waals surface area contributed by atoms with E-state index in [0.717, 1.165) is 0 Å². The first-order valence-corrected chi connectivity index (χ1v) is 5.06. The number of carboxylic acid groups (broad SMARTS) is 1. The summed E-state index contributed by atoms with van der Waals surface area (Å²) in [5, 5.41) is 14.5. The van der Waals surface area contributed by atoms with Gasteiger partial charge in [-0.15, -0.1) is 0 Å². The molecule has 0 aliphatic carbocycles. The number of carbonyl (C=O) groups is 2. The van der Waals surface area contributed by atoms with Gasteiger partial charge in [0.15, 0.2) is 0 Å². The summed E-state index contributed by atoms with van der Waals surface area (Å²) in [5.41, 5.74) is -0.130. The van der Waals surface area contributed by atoms with Crippen molar-refractivity contribution in [3.63, 3.8) is 0 Å². The van der Waals surface area contributed by atoms with Crippen LogP contribution in [0.3, 0.4) is 0 Å². The quantitative estimate of drug-likeness (QED) is 0.572. The lowest BCUT2D eigenvalue weighted by Crippen LogP contribution is -2.49. The van der Waals surface area contributed by atoms with Gasteiger partial charge in [-0.05, 0) is 5.41 Å². The highest BCUT2D eigenvalue weighted by molar-refractivity contribution is 5.80. The van der Waals surface area contributed by atoms with Gasteiger partial charge < -0.3 is 10.4 Å². The molecule has 2 unspecified atom stereocenters. The fraction of sp³-hybridized carbons (Fsp3) is 0.800. The van der Waals surface area contributed by atoms with Gasteiger partial charge in [-0.2, -0.15) is 0 Å². The highest BCUT2D eigenvalue weighted by Gasteiger charge is 2.33. The summed E-state index contributed by atoms with van der Waals surface area (Å²) in [6.45, 7) is 6.12. The second kappa shape index (κ2) is 4.18. The van der Waals surface area contributed by atoms with E-state index in [1.54, 1.807) is 0 Å². The van der Waals surface area contributed by atoms with Crippen molar-refractivity contribution in [2.75, 3.05) is 6.54 Å². The fourth-order valence-corrected chi connectivity index (χ4v) is 1.55. The van der Waals surface area contributed by atoms with Gasteiger partial charge in [0.05, 0.1) is 0 Å². The van der Waals surface area contributed by atoms with Crippen LogP contribution in [0.15, 0.2) is 0 Å². The molecule has 3 N–H and O–H groups in total. The van der Waals surface area contributed by atoms with Gasteiger partial charge in [-0.3, -0.25) is 14.9 Å². The van der Waals surface area contributed by atoms with Gasteiger partial charge >= 0.3 is 5.97 Å². The zero-order valence-corrected chi connectivity index (χ0v) is 9.33. The van der Waals surface area contributed by atoms with Crippen LogP contribution in [0.5, 0.6) is 0 Å². The molecule has 5 heteroatoms. The molecule has 0 aromatic heterocycles. The maximum absolute atomic E-state index is 11.4. The molecule has 0 aromatic carbocycles. The first kappa shape index (κ1) is 12.0. The Balaban J connectivity index is 2.79. The number of hydrogen-bond acceptors (Lipinski definition) is 3. The highest BCUT2D eigenvalue weighted by Crippen LogP contribution is 2.23. The number of carbonyl (C=O) groups excluding carboxylic acids is 1. The van der Waals surface area contributed by atoms with Gasteiger partial charge in [0.2, 0.25) is 5.91 Å². The second-order valence-corrected chi connectivity index (χ2v) is 4.98. The van der Waals surface area contributed by atoms with Gasteiger partial charge in [-0.25, -0.2) is 0 Å². The van der Waals surface area contributed by atoms with Crippen LogP contribution >= 0.6 is 0 Å². The normalized spacial score (nSPS) is 28.1. The molecule has 0 saturated carbocycles. The standard InChI is InChI=1S/C10H18N2O3/c1-10(2,3)7-4-8(13)11-5-6(12-7)9(14)15/h6-7,12H,4-5H2,1-3H3,(H,11,13)(H,14,15). The number of aliphatic carboxylic acids is 1. The van der Waals surface area contributed by atoms with Crippen LogP contribution in [0.1, 0.15) is 27.2 Å². The Morgan fingerprint density at radius 2 is 2.07 bits per heavy atom. The maximum Gasteiger partial charge on any atom is 0.322 e. The molecule has 1 rings (SSSR count). The number of hydrogen-bond donors (Lipinski definition) is 3. The lowest BCUT2D eigenvalue weighted by molar-refractivity contribution is -0.139. The zero-order valence-electron chi connectivity index (χ0n) is 9.33. The second-order valence-electron chi connectivity index (χ2n) is 4.98. The van der Waals surface area contributed by atoms with Crippen molar-refractivity contribution in [1.82, 2.24) is 10.6 Å². The molecule has 2 atom stereocenters. The molecule has 0 bridgehead atoms. The molecule has 0 radical (unpaired) electrons. The molecule has 1 amide bonds. The van der Waals surface area contributed by atoms with Crippen LogP contribution in [0.25, 0.3) is 0 Å². The molecule has 1 heterocycles. The molecule has 5 nitrogen and oxygen atoms in total. The molecule has 1 aliphatic rings. The molecule has 1 saturated heterocycles. The number of nitrogens with one attached hydrogen (secondary N) is 2. The van der Waals surface area contributed by atoms with Crippen molar-refractivity contribution < 1.29 is 14.7 Å². The molecule has 15 heavy (non-hydrogen) atoms. The van der Waals surface area contributed by atoms with E-state index >= 15 is 0 Å². The van der Waals surface area contributed by atoms with E-state index in [0.29, 0.717) is 6.42 Å². The SMILES string of the molecule is CC(C)(C)C1CC(=O)NCC(C(=O)O)N1. The van der Waals surface area contributed by atoms with E-state index in [1.807, 2.05) is 20.8 Å². The van der Waals surface area contributed by atoms with E-state index in [-0.39, 0.29) is 23.9 Å². The van der Waals surface area contributed by atoms with E-state index in [9.17, 15) is 9.59 Å². The van der Waals surface area contributed by atoms with Gasteiger partial charge in [0.25, 0.3) is 0 Å². The van der Waals surface area contributed by atoms with Crippen molar-refractivity contribution in [1.29, 1.82) is 0 Å². The monoisotopic (exact) mass is 214 g/mol. The third kappa shape index (κ3) is 3.20. The minimum Gasteiger partial charge on any atom is -0.480 e. The molecule has 1 aliphatic heterocycles. The van der Waals surface area contributed by atoms with E-state index in [1.165, 1.54) is 0 Å². The average molecular weight is 214 g/mol. The Bertz CT molecular complexity index is 270. The van der Waals surface area contributed by atoms with Crippen LogP contribution < -0.4 is 10.6 Å². The molecule has 86 valence electrons. The van der Waals surface area contributed by atoms with Gasteiger partial charge in [0.1, 0.15) is 6.04 Å². The number of amides is 1. The summed E-state index contributed by atoms with van der Waals surface area (Å²) in [7, 11) is 0. The average Bonchev–Trinajstić information content (AvgIpc) is 2.25. The van der Waals surface area contributed by atoms with Crippen LogP contribution in [-0.2, 0) is 9.59 Å². The van der Waals surface area contributed by atoms with Crippen molar-refractivity contribution in [2.24, 2.45) is 5.41 Å². The maximum atomic E-state index is 11.4.